The number of hydrogen-bond donors (Lipinski definition) is 1. The van der Waals surface area contributed by atoms with Crippen molar-refractivity contribution in [3.05, 3.63) is 63.2 Å². The van der Waals surface area contributed by atoms with Crippen LogP contribution in [0.15, 0.2) is 36.4 Å². The van der Waals surface area contributed by atoms with E-state index in [2.05, 4.69) is 5.32 Å². The van der Waals surface area contributed by atoms with E-state index < -0.39 is 16.9 Å². The van der Waals surface area contributed by atoms with Crippen LogP contribution in [0.4, 0.5) is 11.4 Å². The maximum Gasteiger partial charge on any atom is 0.311 e. The van der Waals surface area contributed by atoms with Crippen molar-refractivity contribution in [2.75, 3.05) is 24.1 Å². The van der Waals surface area contributed by atoms with Gasteiger partial charge >= 0.3 is 5.69 Å². The minimum absolute atomic E-state index is 0.0754. The molecular weight excluding hydrogens is 394 g/mol. The molecule has 1 fully saturated rings. The van der Waals surface area contributed by atoms with Crippen molar-refractivity contribution in [2.24, 2.45) is 0 Å². The highest BCUT2D eigenvalue weighted by Gasteiger charge is 2.36. The standard InChI is InChI=1S/C20H21N3O5S/c1-12-4-6-15(8-13(12)2)21-19(24)17-10-29-11-22(17)20(25)14-5-7-18(28-3)16(9-14)23(26)27/h4-9,17H,10-11H2,1-3H3,(H,21,24). The zero-order chi connectivity index (χ0) is 21.1. The fourth-order valence-electron chi connectivity index (χ4n) is 3.04. The predicted molar refractivity (Wildman–Crippen MR) is 111 cm³/mol. The third kappa shape index (κ3) is 4.34. The number of methoxy groups -OCH3 is 1. The molecule has 29 heavy (non-hydrogen) atoms. The first kappa shape index (κ1) is 20.7. The second kappa shape index (κ2) is 8.52. The first-order valence-electron chi connectivity index (χ1n) is 8.91. The van der Waals surface area contributed by atoms with Crippen molar-refractivity contribution in [1.82, 2.24) is 4.90 Å². The molecule has 1 heterocycles. The summed E-state index contributed by atoms with van der Waals surface area (Å²) in [4.78, 5) is 37.8. The Kier molecular flexibility index (Phi) is 6.07. The van der Waals surface area contributed by atoms with Gasteiger partial charge in [0.15, 0.2) is 5.75 Å². The summed E-state index contributed by atoms with van der Waals surface area (Å²) in [6, 6.07) is 9.01. The first-order chi connectivity index (χ1) is 13.8. The van der Waals surface area contributed by atoms with Crippen molar-refractivity contribution in [2.45, 2.75) is 19.9 Å². The Labute approximate surface area is 172 Å². The first-order valence-corrected chi connectivity index (χ1v) is 10.1. The SMILES string of the molecule is COc1ccc(C(=O)N2CSCC2C(=O)Nc2ccc(C)c(C)c2)cc1[N+](=O)[O-]. The molecule has 0 aromatic heterocycles. The Balaban J connectivity index is 1.80. The second-order valence-corrected chi connectivity index (χ2v) is 7.72. The van der Waals surface area contributed by atoms with Crippen LogP contribution in [-0.2, 0) is 4.79 Å². The van der Waals surface area contributed by atoms with E-state index in [1.165, 1.54) is 42.0 Å². The number of rotatable bonds is 5. The van der Waals surface area contributed by atoms with Crippen LogP contribution >= 0.6 is 11.8 Å². The molecule has 0 bridgehead atoms. The van der Waals surface area contributed by atoms with Crippen LogP contribution in [0.1, 0.15) is 21.5 Å². The number of thioether (sulfide) groups is 1. The van der Waals surface area contributed by atoms with Gasteiger partial charge in [-0.05, 0) is 49.2 Å². The number of carbonyl (C=O) groups excluding carboxylic acids is 2. The Morgan fingerprint density at radius 1 is 1.21 bits per heavy atom. The van der Waals surface area contributed by atoms with E-state index in [0.29, 0.717) is 17.3 Å². The Bertz CT molecular complexity index is 979. The molecule has 152 valence electrons. The molecular formula is C20H21N3O5S. The smallest absolute Gasteiger partial charge is 0.311 e. The van der Waals surface area contributed by atoms with E-state index in [1.807, 2.05) is 32.0 Å². The van der Waals surface area contributed by atoms with Gasteiger partial charge in [0.1, 0.15) is 6.04 Å². The molecule has 8 nitrogen and oxygen atoms in total. The van der Waals surface area contributed by atoms with Crippen LogP contribution in [0.3, 0.4) is 0 Å². The van der Waals surface area contributed by atoms with Crippen LogP contribution in [-0.4, -0.2) is 46.4 Å². The molecule has 2 aromatic carbocycles. The highest BCUT2D eigenvalue weighted by atomic mass is 32.2. The highest BCUT2D eigenvalue weighted by Crippen LogP contribution is 2.30. The Morgan fingerprint density at radius 2 is 1.97 bits per heavy atom. The molecule has 1 atom stereocenters. The van der Waals surface area contributed by atoms with Gasteiger partial charge in [-0.3, -0.25) is 19.7 Å². The molecule has 1 aliphatic heterocycles. The zero-order valence-corrected chi connectivity index (χ0v) is 17.1. The summed E-state index contributed by atoms with van der Waals surface area (Å²) in [6.45, 7) is 3.95. The zero-order valence-electron chi connectivity index (χ0n) is 16.3. The number of benzene rings is 2. The lowest BCUT2D eigenvalue weighted by molar-refractivity contribution is -0.385. The largest absolute Gasteiger partial charge is 0.490 e. The van der Waals surface area contributed by atoms with E-state index in [9.17, 15) is 19.7 Å². The van der Waals surface area contributed by atoms with Crippen molar-refractivity contribution < 1.29 is 19.2 Å². The maximum atomic E-state index is 13.0. The summed E-state index contributed by atoms with van der Waals surface area (Å²) in [7, 11) is 1.33. The third-order valence-corrected chi connectivity index (χ3v) is 5.85. The summed E-state index contributed by atoms with van der Waals surface area (Å²) < 4.78 is 4.98. The predicted octanol–water partition coefficient (Wildman–Crippen LogP) is 3.37. The van der Waals surface area contributed by atoms with E-state index in [1.54, 1.807) is 0 Å². The van der Waals surface area contributed by atoms with Crippen molar-refractivity contribution >= 4 is 35.0 Å². The van der Waals surface area contributed by atoms with Gasteiger partial charge < -0.3 is 15.0 Å². The molecule has 0 aliphatic carbocycles. The molecule has 1 N–H and O–H groups in total. The van der Waals surface area contributed by atoms with Gasteiger partial charge in [0.25, 0.3) is 5.91 Å². The summed E-state index contributed by atoms with van der Waals surface area (Å²) in [5.74, 6) is 0.159. The number of amides is 2. The van der Waals surface area contributed by atoms with Crippen LogP contribution < -0.4 is 10.1 Å². The molecule has 0 radical (unpaired) electrons. The number of nitrogens with zero attached hydrogens (tertiary/aromatic N) is 2. The van der Waals surface area contributed by atoms with Crippen LogP contribution in [0.2, 0.25) is 0 Å². The molecule has 1 unspecified atom stereocenters. The average Bonchev–Trinajstić information content (AvgIpc) is 3.19. The Morgan fingerprint density at radius 3 is 2.62 bits per heavy atom. The Hall–Kier alpha value is -3.07. The van der Waals surface area contributed by atoms with Gasteiger partial charge in [0.05, 0.1) is 17.9 Å². The number of nitrogens with one attached hydrogen (secondary N) is 1. The quantitative estimate of drug-likeness (QED) is 0.593. The normalized spacial score (nSPS) is 15.8. The van der Waals surface area contributed by atoms with Crippen molar-refractivity contribution in [3.63, 3.8) is 0 Å². The molecule has 9 heteroatoms. The van der Waals surface area contributed by atoms with Gasteiger partial charge in [0.2, 0.25) is 5.91 Å². The monoisotopic (exact) mass is 415 g/mol. The third-order valence-electron chi connectivity index (χ3n) is 4.84. The molecule has 0 spiro atoms. The van der Waals surface area contributed by atoms with Crippen LogP contribution in [0, 0.1) is 24.0 Å². The van der Waals surface area contributed by atoms with Gasteiger partial charge in [-0.25, -0.2) is 0 Å². The maximum absolute atomic E-state index is 13.0. The molecule has 3 rings (SSSR count). The number of aryl methyl sites for hydroxylation is 2. The lowest BCUT2D eigenvalue weighted by atomic mass is 10.1. The minimum Gasteiger partial charge on any atom is -0.490 e. The summed E-state index contributed by atoms with van der Waals surface area (Å²) in [5.41, 5.74) is 2.70. The summed E-state index contributed by atoms with van der Waals surface area (Å²) >= 11 is 1.46. The topological polar surface area (TPSA) is 102 Å². The molecule has 1 saturated heterocycles. The van der Waals surface area contributed by atoms with Gasteiger partial charge in [-0.15, -0.1) is 11.8 Å². The van der Waals surface area contributed by atoms with Crippen LogP contribution in [0.5, 0.6) is 5.75 Å². The lowest BCUT2D eigenvalue weighted by Crippen LogP contribution is -2.44. The highest BCUT2D eigenvalue weighted by molar-refractivity contribution is 7.99. The van der Waals surface area contributed by atoms with E-state index in [0.717, 1.165) is 11.1 Å². The van der Waals surface area contributed by atoms with Crippen LogP contribution in [0.25, 0.3) is 0 Å². The van der Waals surface area contributed by atoms with Gasteiger partial charge in [0, 0.05) is 23.1 Å². The molecule has 2 aromatic rings. The molecule has 1 aliphatic rings. The summed E-state index contributed by atoms with van der Waals surface area (Å²) in [5, 5.41) is 14.1. The fraction of sp³-hybridized carbons (Fsp3) is 0.300. The fourth-order valence-corrected chi connectivity index (χ4v) is 4.19. The summed E-state index contributed by atoms with van der Waals surface area (Å²) in [6.07, 6.45) is 0. The number of anilines is 1. The number of carbonyl (C=O) groups is 2. The molecule has 0 saturated carbocycles. The minimum atomic E-state index is -0.657. The number of nitro groups is 1. The number of ether oxygens (including phenoxy) is 1. The van der Waals surface area contributed by atoms with E-state index in [4.69, 9.17) is 4.74 Å². The number of hydrogen-bond acceptors (Lipinski definition) is 6. The second-order valence-electron chi connectivity index (χ2n) is 6.72. The van der Waals surface area contributed by atoms with Gasteiger partial charge in [-0.2, -0.15) is 0 Å². The van der Waals surface area contributed by atoms with Crippen molar-refractivity contribution in [3.8, 4) is 5.75 Å². The lowest BCUT2D eigenvalue weighted by Gasteiger charge is -2.23. The van der Waals surface area contributed by atoms with E-state index in [-0.39, 0.29) is 22.9 Å². The van der Waals surface area contributed by atoms with Crippen molar-refractivity contribution in [1.29, 1.82) is 0 Å². The van der Waals surface area contributed by atoms with Gasteiger partial charge in [-0.1, -0.05) is 6.07 Å². The average molecular weight is 415 g/mol. The molecule has 2 amide bonds. The number of nitro benzene ring substituents is 1. The van der Waals surface area contributed by atoms with E-state index >= 15 is 0 Å².